The summed E-state index contributed by atoms with van der Waals surface area (Å²) < 4.78 is 46.9. The number of phosphoric ester groups is 1. The third kappa shape index (κ3) is 33.8. The number of ether oxygens (including phenoxy) is 5. The first-order valence-corrected chi connectivity index (χ1v) is 32.6. The maximum absolute atomic E-state index is 14.0. The van der Waals surface area contributed by atoms with Crippen molar-refractivity contribution in [3.63, 3.8) is 0 Å². The molecule has 2 heterocycles. The summed E-state index contributed by atoms with van der Waals surface area (Å²) in [5, 5.41) is 70.1. The lowest BCUT2D eigenvalue weighted by molar-refractivity contribution is -0.302. The molecule has 2 aliphatic heterocycles. The van der Waals surface area contributed by atoms with Crippen molar-refractivity contribution >= 4 is 31.6 Å². The van der Waals surface area contributed by atoms with Crippen LogP contribution in [0.15, 0.2) is 0 Å². The molecule has 0 aromatic heterocycles. The van der Waals surface area contributed by atoms with Crippen LogP contribution in [0.4, 0.5) is 0 Å². The van der Waals surface area contributed by atoms with E-state index in [0.717, 1.165) is 83.5 Å². The van der Waals surface area contributed by atoms with Crippen molar-refractivity contribution in [2.75, 3.05) is 19.8 Å². The number of esters is 1. The summed E-state index contributed by atoms with van der Waals surface area (Å²) in [4.78, 5) is 71.2. The standard InChI is InChI=1S/C58H109N2O19P/c1-4-7-10-13-16-19-22-25-29-34-43(62)39-47(63)59-51-54(69)53(68)46(78-57(51)74-38-33-28-31-36-49(65)66)42-75-58-52(55(70)56(45(41-61)77-58)79-80(71,72)73)60-48(64)40-44(35-30-26-23-20-17-14-11-8-5-2)76-50(67)37-32-27-24-21-18-15-12-9-6-3/h43-46,51-58,61-62,68-70H,4-42H2,1-3H3,(H,59,63)(H,60,64)(H,65,66)(H2,71,72,73)/t43-,44-,45-,46-,51-,52-,53-,54-,55-,56-,57+,58-/m1/s1. The fraction of sp³-hybridized carbons (Fsp3) is 0.931. The van der Waals surface area contributed by atoms with Gasteiger partial charge in [-0.2, -0.15) is 0 Å². The first-order valence-electron chi connectivity index (χ1n) is 31.1. The molecule has 2 saturated heterocycles. The average molecular weight is 1170 g/mol. The Hall–Kier alpha value is -2.37. The number of hydrogen-bond donors (Lipinski definition) is 10. The Morgan fingerprint density at radius 1 is 0.537 bits per heavy atom. The predicted octanol–water partition coefficient (Wildman–Crippen LogP) is 8.45. The molecule has 2 aliphatic rings. The molecule has 0 saturated carbocycles. The van der Waals surface area contributed by atoms with Gasteiger partial charge in [-0.3, -0.25) is 23.7 Å². The fourth-order valence-corrected chi connectivity index (χ4v) is 11.0. The normalized spacial score (nSPS) is 24.1. The highest BCUT2D eigenvalue weighted by Gasteiger charge is 2.51. The SMILES string of the molecule is CCCCCCCCCCCC(=O)O[C@H](CCCCCCCCCCC)CC(=O)N[C@H]1[C@H](OC[C@H]2O[C@H](OCCCCCC(=O)O)[C@H](NC(=O)C[C@H](O)CCCCCCCCCCC)[C@@H](O)[C@@H]2O)O[C@H](CO)[C@@H](OP(=O)(O)O)[C@@H]1O. The summed E-state index contributed by atoms with van der Waals surface area (Å²) in [7, 11) is -5.34. The Bertz CT molecular complexity index is 1660. The summed E-state index contributed by atoms with van der Waals surface area (Å²) in [5.41, 5.74) is 0. The third-order valence-corrected chi connectivity index (χ3v) is 15.6. The van der Waals surface area contributed by atoms with Crippen LogP contribution in [0.5, 0.6) is 0 Å². The first kappa shape index (κ1) is 73.7. The lowest BCUT2D eigenvalue weighted by Crippen LogP contribution is -2.67. The van der Waals surface area contributed by atoms with Gasteiger partial charge in [-0.1, -0.05) is 188 Å². The number of amides is 2. The number of hydrogen-bond acceptors (Lipinski definition) is 16. The molecule has 12 atom stereocenters. The summed E-state index contributed by atoms with van der Waals surface area (Å²) in [6.07, 6.45) is 14.9. The Balaban J connectivity index is 2.24. The van der Waals surface area contributed by atoms with Crippen LogP contribution in [0.3, 0.4) is 0 Å². The van der Waals surface area contributed by atoms with E-state index in [1.807, 2.05) is 0 Å². The minimum absolute atomic E-state index is 0.00582. The molecule has 0 aromatic carbocycles. The van der Waals surface area contributed by atoms with Crippen LogP contribution in [0.25, 0.3) is 0 Å². The molecule has 2 amide bonds. The van der Waals surface area contributed by atoms with Gasteiger partial charge in [0.1, 0.15) is 54.8 Å². The minimum Gasteiger partial charge on any atom is -0.481 e. The molecule has 80 heavy (non-hydrogen) atoms. The second-order valence-corrected chi connectivity index (χ2v) is 23.6. The van der Waals surface area contributed by atoms with Gasteiger partial charge in [0.15, 0.2) is 12.6 Å². The van der Waals surface area contributed by atoms with Crippen molar-refractivity contribution < 1.29 is 92.4 Å². The molecule has 2 rings (SSSR count). The smallest absolute Gasteiger partial charge is 0.470 e. The van der Waals surface area contributed by atoms with Gasteiger partial charge in [0.25, 0.3) is 0 Å². The minimum atomic E-state index is -5.34. The molecule has 0 radical (unpaired) electrons. The van der Waals surface area contributed by atoms with E-state index in [1.165, 1.54) is 77.0 Å². The van der Waals surface area contributed by atoms with Gasteiger partial charge in [0.05, 0.1) is 32.2 Å². The summed E-state index contributed by atoms with van der Waals surface area (Å²) in [6, 6.07) is -3.00. The number of phosphoric acid groups is 1. The van der Waals surface area contributed by atoms with Crippen molar-refractivity contribution in [2.24, 2.45) is 0 Å². The first-order chi connectivity index (χ1) is 38.4. The van der Waals surface area contributed by atoms with E-state index in [0.29, 0.717) is 44.9 Å². The zero-order valence-electron chi connectivity index (χ0n) is 49.0. The fourth-order valence-electron chi connectivity index (χ4n) is 10.4. The monoisotopic (exact) mass is 1170 g/mol. The van der Waals surface area contributed by atoms with Crippen LogP contribution in [0.2, 0.25) is 0 Å². The number of aliphatic hydroxyl groups is 5. The highest BCUT2D eigenvalue weighted by molar-refractivity contribution is 7.46. The zero-order chi connectivity index (χ0) is 59.0. The molecule has 0 bridgehead atoms. The second-order valence-electron chi connectivity index (χ2n) is 22.4. The van der Waals surface area contributed by atoms with E-state index < -0.39 is 118 Å². The predicted molar refractivity (Wildman–Crippen MR) is 302 cm³/mol. The number of carboxylic acids is 1. The molecular weight excluding hydrogens is 1060 g/mol. The number of carbonyl (C=O) groups is 4. The summed E-state index contributed by atoms with van der Waals surface area (Å²) in [6.45, 7) is 4.96. The molecule has 10 N–H and O–H groups in total. The van der Waals surface area contributed by atoms with E-state index >= 15 is 0 Å². The van der Waals surface area contributed by atoms with Crippen LogP contribution < -0.4 is 10.6 Å². The molecule has 0 aliphatic carbocycles. The van der Waals surface area contributed by atoms with Crippen molar-refractivity contribution in [1.29, 1.82) is 0 Å². The Morgan fingerprint density at radius 3 is 1.49 bits per heavy atom. The van der Waals surface area contributed by atoms with E-state index in [9.17, 15) is 59.1 Å². The third-order valence-electron chi connectivity index (χ3n) is 15.1. The maximum Gasteiger partial charge on any atom is 0.470 e. The quantitative estimate of drug-likeness (QED) is 0.0155. The molecule has 0 unspecified atom stereocenters. The lowest BCUT2D eigenvalue weighted by atomic mass is 9.95. The van der Waals surface area contributed by atoms with E-state index in [1.54, 1.807) is 0 Å². The molecule has 21 nitrogen and oxygen atoms in total. The number of nitrogens with one attached hydrogen (secondary N) is 2. The topological polar surface area (TPSA) is 327 Å². The van der Waals surface area contributed by atoms with Gasteiger partial charge in [-0.15, -0.1) is 0 Å². The van der Waals surface area contributed by atoms with E-state index in [2.05, 4.69) is 31.4 Å². The van der Waals surface area contributed by atoms with E-state index in [-0.39, 0.29) is 32.3 Å². The Labute approximate surface area is 478 Å². The van der Waals surface area contributed by atoms with Gasteiger partial charge in [-0.25, -0.2) is 4.57 Å². The van der Waals surface area contributed by atoms with Gasteiger partial charge in [0, 0.05) is 19.4 Å². The number of aliphatic carboxylic acids is 1. The van der Waals surface area contributed by atoms with Crippen LogP contribution >= 0.6 is 7.82 Å². The number of unbranched alkanes of at least 4 members (excludes halogenated alkanes) is 26. The van der Waals surface area contributed by atoms with Crippen LogP contribution in [0.1, 0.15) is 252 Å². The Kier molecular flexibility index (Phi) is 41.5. The van der Waals surface area contributed by atoms with Crippen LogP contribution in [-0.2, 0) is 52.0 Å². The molecule has 470 valence electrons. The van der Waals surface area contributed by atoms with Gasteiger partial charge >= 0.3 is 19.8 Å². The number of aliphatic hydroxyl groups excluding tert-OH is 5. The van der Waals surface area contributed by atoms with Gasteiger partial charge in [0.2, 0.25) is 11.8 Å². The van der Waals surface area contributed by atoms with Gasteiger partial charge in [-0.05, 0) is 38.5 Å². The van der Waals surface area contributed by atoms with Crippen molar-refractivity contribution in [3.8, 4) is 0 Å². The van der Waals surface area contributed by atoms with Gasteiger partial charge < -0.3 is 74.7 Å². The molecule has 22 heteroatoms. The number of carboxylic acid groups (broad SMARTS) is 1. The van der Waals surface area contributed by atoms with Crippen molar-refractivity contribution in [1.82, 2.24) is 10.6 Å². The second kappa shape index (κ2) is 45.1. The zero-order valence-corrected chi connectivity index (χ0v) is 49.9. The molecule has 0 aromatic rings. The molecule has 0 spiro atoms. The van der Waals surface area contributed by atoms with Crippen LogP contribution in [-0.4, -0.2) is 157 Å². The summed E-state index contributed by atoms with van der Waals surface area (Å²) >= 11 is 0. The lowest BCUT2D eigenvalue weighted by Gasteiger charge is -2.45. The Morgan fingerprint density at radius 2 is 0.975 bits per heavy atom. The number of rotatable bonds is 50. The van der Waals surface area contributed by atoms with Crippen molar-refractivity contribution in [3.05, 3.63) is 0 Å². The maximum atomic E-state index is 14.0. The molecular formula is C58H109N2O19P. The highest BCUT2D eigenvalue weighted by Crippen LogP contribution is 2.41. The average Bonchev–Trinajstić information content (AvgIpc) is 3.40. The molecule has 2 fully saturated rings. The highest BCUT2D eigenvalue weighted by atomic mass is 31.2. The van der Waals surface area contributed by atoms with Crippen molar-refractivity contribution in [2.45, 2.75) is 325 Å². The van der Waals surface area contributed by atoms with Crippen LogP contribution in [0, 0.1) is 0 Å². The summed E-state index contributed by atoms with van der Waals surface area (Å²) in [5.74, 6) is -2.77. The largest absolute Gasteiger partial charge is 0.481 e. The number of carbonyl (C=O) groups excluding carboxylic acids is 3. The van der Waals surface area contributed by atoms with E-state index in [4.69, 9.17) is 33.3 Å².